The molecule has 3 rings (SSSR count). The van der Waals surface area contributed by atoms with Crippen molar-refractivity contribution >= 4 is 5.91 Å². The highest BCUT2D eigenvalue weighted by Crippen LogP contribution is 2.26. The molecule has 3 N–H and O–H groups in total. The Balaban J connectivity index is 1.50. The van der Waals surface area contributed by atoms with Gasteiger partial charge in [-0.2, -0.15) is 0 Å². The minimum Gasteiger partial charge on any atom is -0.467 e. The van der Waals surface area contributed by atoms with Gasteiger partial charge in [-0.1, -0.05) is 24.3 Å². The summed E-state index contributed by atoms with van der Waals surface area (Å²) in [5.74, 6) is 0.834. The monoisotopic (exact) mass is 285 g/mol. The molecule has 4 nitrogen and oxygen atoms in total. The minimum absolute atomic E-state index is 0.0504. The number of fused-ring (bicyclic) bond motifs is 1. The molecule has 1 aliphatic carbocycles. The van der Waals surface area contributed by atoms with Crippen LogP contribution in [0.4, 0.5) is 0 Å². The molecule has 0 saturated heterocycles. The quantitative estimate of drug-likeness (QED) is 0.875. The Kier molecular flexibility index (Phi) is 4.36. The highest BCUT2D eigenvalue weighted by Gasteiger charge is 2.22. The van der Waals surface area contributed by atoms with Crippen LogP contribution in [-0.2, 0) is 17.8 Å². The van der Waals surface area contributed by atoms with Crippen molar-refractivity contribution in [1.29, 1.82) is 0 Å². The largest absolute Gasteiger partial charge is 0.467 e. The van der Waals surface area contributed by atoms with Gasteiger partial charge in [-0.15, -0.1) is 0 Å². The molecule has 1 aromatic heterocycles. The maximum absolute atomic E-state index is 11.9. The average Bonchev–Trinajstić information content (AvgIpc) is 3.04. The van der Waals surface area contributed by atoms with Gasteiger partial charge < -0.3 is 15.1 Å². The zero-order chi connectivity index (χ0) is 14.5. The van der Waals surface area contributed by atoms with Crippen LogP contribution in [0.1, 0.15) is 35.8 Å². The molecule has 1 atom stereocenters. The number of nitrogens with two attached hydrogens (primary N) is 1. The van der Waals surface area contributed by atoms with Gasteiger partial charge in [-0.25, -0.2) is 0 Å². The Bertz CT molecular complexity index is 593. The maximum Gasteiger partial charge on any atom is 0.275 e. The second-order valence-electron chi connectivity index (χ2n) is 5.49. The van der Waals surface area contributed by atoms with E-state index in [2.05, 4.69) is 34.9 Å². The minimum atomic E-state index is 0.0504. The van der Waals surface area contributed by atoms with Crippen molar-refractivity contribution in [3.8, 4) is 0 Å². The Morgan fingerprint density at radius 2 is 2.19 bits per heavy atom. The van der Waals surface area contributed by atoms with Gasteiger partial charge in [0.1, 0.15) is 11.8 Å². The number of furan rings is 1. The summed E-state index contributed by atoms with van der Waals surface area (Å²) in [7, 11) is 0. The number of hydrogen-bond donors (Lipinski definition) is 2. The molecule has 1 amide bonds. The number of aryl methyl sites for hydroxylation is 1. The molecule has 2 aromatic rings. The van der Waals surface area contributed by atoms with Crippen LogP contribution in [0.15, 0.2) is 47.1 Å². The number of quaternary nitrogens is 1. The lowest BCUT2D eigenvalue weighted by atomic mass is 9.88. The molecule has 4 heteroatoms. The van der Waals surface area contributed by atoms with Gasteiger partial charge in [-0.05, 0) is 30.5 Å². The highest BCUT2D eigenvalue weighted by atomic mass is 16.3. The second-order valence-corrected chi connectivity index (χ2v) is 5.49. The molecule has 1 aromatic carbocycles. The number of hydrogen-bond acceptors (Lipinski definition) is 2. The van der Waals surface area contributed by atoms with Crippen LogP contribution in [0.2, 0.25) is 0 Å². The first-order valence-electron chi connectivity index (χ1n) is 7.53. The molecule has 0 radical (unpaired) electrons. The van der Waals surface area contributed by atoms with E-state index in [1.165, 1.54) is 17.5 Å². The summed E-state index contributed by atoms with van der Waals surface area (Å²) in [6.45, 7) is 0.917. The number of nitrogens with one attached hydrogen (secondary N) is 1. The summed E-state index contributed by atoms with van der Waals surface area (Å²) in [6, 6.07) is 12.7. The van der Waals surface area contributed by atoms with Crippen LogP contribution in [0.5, 0.6) is 0 Å². The summed E-state index contributed by atoms with van der Waals surface area (Å²) < 4.78 is 5.20. The van der Waals surface area contributed by atoms with Gasteiger partial charge in [0.25, 0.3) is 5.91 Å². The van der Waals surface area contributed by atoms with E-state index >= 15 is 0 Å². The number of carbonyl (C=O) groups is 1. The van der Waals surface area contributed by atoms with Crippen molar-refractivity contribution in [2.45, 2.75) is 31.8 Å². The van der Waals surface area contributed by atoms with Crippen molar-refractivity contribution in [3.05, 3.63) is 59.5 Å². The number of benzene rings is 1. The zero-order valence-corrected chi connectivity index (χ0v) is 12.0. The number of carbonyl (C=O) groups excluding carboxylic acids is 1. The molecule has 0 aliphatic heterocycles. The van der Waals surface area contributed by atoms with Crippen LogP contribution in [-0.4, -0.2) is 12.5 Å². The highest BCUT2D eigenvalue weighted by molar-refractivity contribution is 5.76. The Hall–Kier alpha value is -2.07. The normalized spacial score (nSPS) is 17.2. The van der Waals surface area contributed by atoms with E-state index in [1.807, 2.05) is 12.1 Å². The maximum atomic E-state index is 11.9. The molecular formula is C17H21N2O2+. The van der Waals surface area contributed by atoms with Gasteiger partial charge in [0.2, 0.25) is 0 Å². The molecule has 0 saturated carbocycles. The van der Waals surface area contributed by atoms with E-state index in [4.69, 9.17) is 4.42 Å². The van der Waals surface area contributed by atoms with Gasteiger partial charge in [0, 0.05) is 12.0 Å². The van der Waals surface area contributed by atoms with E-state index in [-0.39, 0.29) is 5.91 Å². The average molecular weight is 285 g/mol. The standard InChI is InChI=1S/C17H20N2O2/c20-17(19-11-14-7-4-10-21-14)12-18-16-9-3-6-13-5-1-2-8-15(13)16/h1-2,4-5,7-8,10,16,18H,3,6,9,11-12H2,(H,19,20)/p+1/t16-/m0/s1. The van der Waals surface area contributed by atoms with E-state index < -0.39 is 0 Å². The first-order valence-corrected chi connectivity index (χ1v) is 7.53. The summed E-state index contributed by atoms with van der Waals surface area (Å²) in [5, 5.41) is 5.03. The Labute approximate surface area is 124 Å². The van der Waals surface area contributed by atoms with E-state index in [1.54, 1.807) is 6.26 Å². The summed E-state index contributed by atoms with van der Waals surface area (Å²) >= 11 is 0. The summed E-state index contributed by atoms with van der Waals surface area (Å²) in [4.78, 5) is 11.9. The molecule has 0 fully saturated rings. The fraction of sp³-hybridized carbons (Fsp3) is 0.353. The van der Waals surface area contributed by atoms with Crippen molar-refractivity contribution in [3.63, 3.8) is 0 Å². The lowest BCUT2D eigenvalue weighted by molar-refractivity contribution is -0.687. The lowest BCUT2D eigenvalue weighted by Gasteiger charge is -2.23. The van der Waals surface area contributed by atoms with E-state index in [9.17, 15) is 4.79 Å². The molecule has 110 valence electrons. The Morgan fingerprint density at radius 1 is 1.29 bits per heavy atom. The molecule has 0 spiro atoms. The third-order valence-corrected chi connectivity index (χ3v) is 4.04. The van der Waals surface area contributed by atoms with Crippen LogP contribution in [0.25, 0.3) is 0 Å². The molecule has 0 unspecified atom stereocenters. The van der Waals surface area contributed by atoms with Crippen molar-refractivity contribution in [1.82, 2.24) is 5.32 Å². The zero-order valence-electron chi connectivity index (χ0n) is 12.0. The third-order valence-electron chi connectivity index (χ3n) is 4.04. The molecule has 0 bridgehead atoms. The Morgan fingerprint density at radius 3 is 3.05 bits per heavy atom. The summed E-state index contributed by atoms with van der Waals surface area (Å²) in [6.07, 6.45) is 5.12. The second kappa shape index (κ2) is 6.59. The molecule has 1 heterocycles. The lowest BCUT2D eigenvalue weighted by Crippen LogP contribution is -2.87. The molecule has 21 heavy (non-hydrogen) atoms. The van der Waals surface area contributed by atoms with Gasteiger partial charge in [0.05, 0.1) is 12.8 Å². The predicted octanol–water partition coefficient (Wildman–Crippen LogP) is 1.54. The van der Waals surface area contributed by atoms with Crippen molar-refractivity contribution in [2.24, 2.45) is 0 Å². The topological polar surface area (TPSA) is 58.9 Å². The molecular weight excluding hydrogens is 264 g/mol. The smallest absolute Gasteiger partial charge is 0.275 e. The molecule has 1 aliphatic rings. The van der Waals surface area contributed by atoms with E-state index in [0.29, 0.717) is 19.1 Å². The van der Waals surface area contributed by atoms with E-state index in [0.717, 1.165) is 18.6 Å². The van der Waals surface area contributed by atoms with Crippen molar-refractivity contribution in [2.75, 3.05) is 6.54 Å². The van der Waals surface area contributed by atoms with Crippen molar-refractivity contribution < 1.29 is 14.5 Å². The van der Waals surface area contributed by atoms with Crippen LogP contribution < -0.4 is 10.6 Å². The van der Waals surface area contributed by atoms with Crippen LogP contribution in [0.3, 0.4) is 0 Å². The fourth-order valence-corrected chi connectivity index (χ4v) is 2.96. The van der Waals surface area contributed by atoms with Crippen LogP contribution >= 0.6 is 0 Å². The SMILES string of the molecule is O=C(C[NH2+][C@H]1CCCc2ccccc21)NCc1ccco1. The third kappa shape index (κ3) is 3.52. The predicted molar refractivity (Wildman–Crippen MR) is 79.5 cm³/mol. The summed E-state index contributed by atoms with van der Waals surface area (Å²) in [5.41, 5.74) is 2.82. The first-order chi connectivity index (χ1) is 10.3. The van der Waals surface area contributed by atoms with Crippen LogP contribution in [0, 0.1) is 0 Å². The first kappa shape index (κ1) is 13.9. The van der Waals surface area contributed by atoms with Gasteiger partial charge in [0.15, 0.2) is 6.54 Å². The number of amides is 1. The fourth-order valence-electron chi connectivity index (χ4n) is 2.96. The van der Waals surface area contributed by atoms with Gasteiger partial charge >= 0.3 is 0 Å². The van der Waals surface area contributed by atoms with Gasteiger partial charge in [-0.3, -0.25) is 4.79 Å². The number of rotatable bonds is 5.